The molecule has 5 nitrogen and oxygen atoms in total. The van der Waals surface area contributed by atoms with Crippen molar-refractivity contribution in [2.75, 3.05) is 13.2 Å². The van der Waals surface area contributed by atoms with Crippen LogP contribution in [0.25, 0.3) is 0 Å². The van der Waals surface area contributed by atoms with Gasteiger partial charge in [0.1, 0.15) is 12.4 Å². The van der Waals surface area contributed by atoms with Crippen LogP contribution in [0.2, 0.25) is 0 Å². The van der Waals surface area contributed by atoms with Crippen molar-refractivity contribution in [3.8, 4) is 0 Å². The second kappa shape index (κ2) is 6.47. The zero-order chi connectivity index (χ0) is 15.4. The van der Waals surface area contributed by atoms with E-state index in [0.29, 0.717) is 5.56 Å². The number of hydrogen-bond acceptors (Lipinski definition) is 4. The fourth-order valence-electron chi connectivity index (χ4n) is 2.34. The molecule has 1 fully saturated rings. The number of amides is 2. The van der Waals surface area contributed by atoms with Crippen LogP contribution in [0.1, 0.15) is 18.9 Å². The first kappa shape index (κ1) is 15.2. The molecule has 1 aliphatic rings. The topological polar surface area (TPSA) is 63.7 Å². The van der Waals surface area contributed by atoms with Gasteiger partial charge in [-0.2, -0.15) is 0 Å². The molecule has 1 atom stereocenters. The van der Waals surface area contributed by atoms with Gasteiger partial charge in [0.2, 0.25) is 11.8 Å². The third-order valence-corrected chi connectivity index (χ3v) is 3.35. The Balaban J connectivity index is 2.04. The molecule has 1 unspecified atom stereocenters. The van der Waals surface area contributed by atoms with Gasteiger partial charge in [-0.25, -0.2) is 4.39 Å². The summed E-state index contributed by atoms with van der Waals surface area (Å²) in [5, 5.41) is 0. The van der Waals surface area contributed by atoms with Gasteiger partial charge < -0.3 is 4.74 Å². The van der Waals surface area contributed by atoms with Gasteiger partial charge in [0.05, 0.1) is 12.5 Å². The maximum Gasteiger partial charge on any atom is 0.326 e. The molecule has 2 rings (SSSR count). The lowest BCUT2D eigenvalue weighted by Crippen LogP contribution is -2.36. The third kappa shape index (κ3) is 3.45. The van der Waals surface area contributed by atoms with E-state index in [9.17, 15) is 18.8 Å². The minimum absolute atomic E-state index is 0.00737. The van der Waals surface area contributed by atoms with Crippen molar-refractivity contribution in [3.63, 3.8) is 0 Å². The van der Waals surface area contributed by atoms with E-state index in [1.165, 1.54) is 6.07 Å². The highest BCUT2D eigenvalue weighted by Gasteiger charge is 2.39. The summed E-state index contributed by atoms with van der Waals surface area (Å²) in [6, 6.07) is 6.14. The molecule has 112 valence electrons. The summed E-state index contributed by atoms with van der Waals surface area (Å²) in [4.78, 5) is 36.2. The molecule has 1 saturated heterocycles. The van der Waals surface area contributed by atoms with E-state index in [4.69, 9.17) is 4.74 Å². The molecule has 0 aromatic heterocycles. The molecule has 0 saturated carbocycles. The monoisotopic (exact) mass is 293 g/mol. The molecule has 0 spiro atoms. The largest absolute Gasteiger partial charge is 0.465 e. The maximum atomic E-state index is 13.6. The zero-order valence-corrected chi connectivity index (χ0v) is 11.7. The first-order chi connectivity index (χ1) is 10.0. The molecule has 21 heavy (non-hydrogen) atoms. The summed E-state index contributed by atoms with van der Waals surface area (Å²) in [7, 11) is 0. The van der Waals surface area contributed by atoms with Gasteiger partial charge >= 0.3 is 5.97 Å². The van der Waals surface area contributed by atoms with Crippen LogP contribution < -0.4 is 0 Å². The highest BCUT2D eigenvalue weighted by Crippen LogP contribution is 2.24. The highest BCUT2D eigenvalue weighted by molar-refractivity contribution is 6.05. The lowest BCUT2D eigenvalue weighted by Gasteiger charge is -2.14. The van der Waals surface area contributed by atoms with Crippen LogP contribution >= 0.6 is 0 Å². The van der Waals surface area contributed by atoms with Gasteiger partial charge in [-0.3, -0.25) is 19.3 Å². The van der Waals surface area contributed by atoms with Crippen molar-refractivity contribution in [2.24, 2.45) is 5.92 Å². The predicted molar refractivity (Wildman–Crippen MR) is 71.6 cm³/mol. The van der Waals surface area contributed by atoms with Crippen molar-refractivity contribution in [1.29, 1.82) is 0 Å². The van der Waals surface area contributed by atoms with Crippen molar-refractivity contribution in [2.45, 2.75) is 19.8 Å². The lowest BCUT2D eigenvalue weighted by molar-refractivity contribution is -0.152. The first-order valence-electron chi connectivity index (χ1n) is 6.76. The second-order valence-electron chi connectivity index (χ2n) is 4.82. The van der Waals surface area contributed by atoms with Crippen LogP contribution in [0.5, 0.6) is 0 Å². The summed E-state index contributed by atoms with van der Waals surface area (Å²) in [6.45, 7) is 1.46. The summed E-state index contributed by atoms with van der Waals surface area (Å²) in [6.07, 6.45) is 0.142. The Kier molecular flexibility index (Phi) is 4.67. The Hall–Kier alpha value is -2.24. The van der Waals surface area contributed by atoms with E-state index in [2.05, 4.69) is 0 Å². The normalized spacial score (nSPS) is 18.2. The predicted octanol–water partition coefficient (Wildman–Crippen LogP) is 1.31. The highest BCUT2D eigenvalue weighted by atomic mass is 19.1. The molecule has 2 amide bonds. The molecule has 1 aromatic carbocycles. The van der Waals surface area contributed by atoms with Crippen molar-refractivity contribution >= 4 is 17.8 Å². The van der Waals surface area contributed by atoms with E-state index < -0.39 is 29.5 Å². The Labute approximate surface area is 121 Å². The number of carbonyl (C=O) groups is 3. The van der Waals surface area contributed by atoms with Crippen molar-refractivity contribution in [3.05, 3.63) is 35.6 Å². The number of carbonyl (C=O) groups excluding carboxylic acids is 3. The van der Waals surface area contributed by atoms with Gasteiger partial charge in [-0.05, 0) is 25.0 Å². The average molecular weight is 293 g/mol. The fourth-order valence-corrected chi connectivity index (χ4v) is 2.34. The molecule has 0 aliphatic carbocycles. The number of hydrogen-bond donors (Lipinski definition) is 0. The Morgan fingerprint density at radius 2 is 2.10 bits per heavy atom. The number of esters is 1. The summed E-state index contributed by atoms with van der Waals surface area (Å²) in [5.74, 6) is -2.51. The van der Waals surface area contributed by atoms with Crippen LogP contribution in [0.4, 0.5) is 4.39 Å². The number of imide groups is 1. The van der Waals surface area contributed by atoms with Crippen molar-refractivity contribution in [1.82, 2.24) is 4.90 Å². The van der Waals surface area contributed by atoms with E-state index in [0.717, 1.165) is 4.90 Å². The molecule has 0 N–H and O–H groups in total. The van der Waals surface area contributed by atoms with Gasteiger partial charge in [0.15, 0.2) is 0 Å². The second-order valence-corrected chi connectivity index (χ2v) is 4.82. The van der Waals surface area contributed by atoms with Gasteiger partial charge in [-0.15, -0.1) is 0 Å². The number of halogens is 1. The molecule has 1 heterocycles. The average Bonchev–Trinajstić information content (AvgIpc) is 2.69. The van der Waals surface area contributed by atoms with Gasteiger partial charge in [0, 0.05) is 6.42 Å². The van der Waals surface area contributed by atoms with E-state index in [1.54, 1.807) is 25.1 Å². The number of nitrogens with zero attached hydrogens (tertiary/aromatic N) is 1. The quantitative estimate of drug-likeness (QED) is 0.606. The molecule has 1 aliphatic heterocycles. The zero-order valence-electron chi connectivity index (χ0n) is 11.7. The van der Waals surface area contributed by atoms with E-state index in [1.807, 2.05) is 0 Å². The minimum Gasteiger partial charge on any atom is -0.465 e. The van der Waals surface area contributed by atoms with Crippen molar-refractivity contribution < 1.29 is 23.5 Å². The molecular formula is C15H16FNO4. The van der Waals surface area contributed by atoms with E-state index >= 15 is 0 Å². The standard InChI is InChI=1S/C15H16FNO4/c1-2-21-14(19)9-17-13(18)8-11(15(17)20)7-10-5-3-4-6-12(10)16/h3-6,11H,2,7-9H2,1H3. The first-order valence-corrected chi connectivity index (χ1v) is 6.76. The minimum atomic E-state index is -0.621. The molecule has 1 aromatic rings. The van der Waals surface area contributed by atoms with Gasteiger partial charge in [-0.1, -0.05) is 18.2 Å². The van der Waals surface area contributed by atoms with Gasteiger partial charge in [0.25, 0.3) is 0 Å². The third-order valence-electron chi connectivity index (χ3n) is 3.35. The number of benzene rings is 1. The Bertz CT molecular complexity index is 573. The van der Waals surface area contributed by atoms with Crippen LogP contribution in [0, 0.1) is 11.7 Å². The molecule has 0 bridgehead atoms. The number of ether oxygens (including phenoxy) is 1. The van der Waals surface area contributed by atoms with Crippen LogP contribution in [-0.4, -0.2) is 35.8 Å². The van der Waals surface area contributed by atoms with Crippen LogP contribution in [-0.2, 0) is 25.5 Å². The Morgan fingerprint density at radius 1 is 1.38 bits per heavy atom. The fraction of sp³-hybridized carbons (Fsp3) is 0.400. The smallest absolute Gasteiger partial charge is 0.326 e. The van der Waals surface area contributed by atoms with Crippen LogP contribution in [0.3, 0.4) is 0 Å². The van der Waals surface area contributed by atoms with Crippen LogP contribution in [0.15, 0.2) is 24.3 Å². The maximum absolute atomic E-state index is 13.6. The summed E-state index contributed by atoms with van der Waals surface area (Å²) >= 11 is 0. The van der Waals surface area contributed by atoms with E-state index in [-0.39, 0.29) is 26.0 Å². The number of rotatable bonds is 5. The molecular weight excluding hydrogens is 277 g/mol. The summed E-state index contributed by atoms with van der Waals surface area (Å²) < 4.78 is 18.3. The SMILES string of the molecule is CCOC(=O)CN1C(=O)CC(Cc2ccccc2F)C1=O. The number of likely N-dealkylation sites (tertiary alicyclic amines) is 1. The molecule has 6 heteroatoms. The molecule has 0 radical (unpaired) electrons. The Morgan fingerprint density at radius 3 is 2.76 bits per heavy atom. The summed E-state index contributed by atoms with van der Waals surface area (Å²) in [5.41, 5.74) is 0.390. The lowest BCUT2D eigenvalue weighted by atomic mass is 9.97.